The maximum absolute atomic E-state index is 11.8. The standard InChI is InChI=1S/C11H15N3O3S/c1-17-7-8(6-12)13-11-9-4-2-3-5-10(9)18(15,16)14-11/h2-5,8H,6-7,12H2,1H3,(H,13,14). The van der Waals surface area contributed by atoms with E-state index in [2.05, 4.69) is 9.71 Å². The van der Waals surface area contributed by atoms with Gasteiger partial charge in [-0.25, -0.2) is 8.42 Å². The molecule has 1 aliphatic heterocycles. The SMILES string of the molecule is COCC(CN)N=C1NS(=O)(=O)c2ccccc21. The Morgan fingerprint density at radius 1 is 1.44 bits per heavy atom. The monoisotopic (exact) mass is 269 g/mol. The third kappa shape index (κ3) is 2.38. The van der Waals surface area contributed by atoms with E-state index in [9.17, 15) is 8.42 Å². The first-order valence-corrected chi connectivity index (χ1v) is 6.96. The first-order chi connectivity index (χ1) is 8.58. The van der Waals surface area contributed by atoms with Crippen LogP contribution in [-0.2, 0) is 14.8 Å². The van der Waals surface area contributed by atoms with Crippen LogP contribution in [0.1, 0.15) is 5.56 Å². The molecule has 7 heteroatoms. The van der Waals surface area contributed by atoms with Gasteiger partial charge >= 0.3 is 0 Å². The molecule has 1 aliphatic rings. The molecule has 0 saturated heterocycles. The Bertz CT molecular complexity index is 569. The summed E-state index contributed by atoms with van der Waals surface area (Å²) in [5.74, 6) is 0.332. The van der Waals surface area contributed by atoms with Crippen LogP contribution in [0, 0.1) is 0 Å². The number of sulfonamides is 1. The zero-order valence-corrected chi connectivity index (χ0v) is 10.8. The van der Waals surface area contributed by atoms with E-state index in [4.69, 9.17) is 10.5 Å². The molecule has 0 aliphatic carbocycles. The highest BCUT2D eigenvalue weighted by molar-refractivity contribution is 7.90. The molecule has 0 amide bonds. The van der Waals surface area contributed by atoms with Crippen molar-refractivity contribution in [2.75, 3.05) is 20.3 Å². The maximum Gasteiger partial charge on any atom is 0.263 e. The van der Waals surface area contributed by atoms with Crippen molar-refractivity contribution in [1.82, 2.24) is 4.72 Å². The van der Waals surface area contributed by atoms with Gasteiger partial charge < -0.3 is 10.5 Å². The van der Waals surface area contributed by atoms with Crippen molar-refractivity contribution >= 4 is 15.9 Å². The highest BCUT2D eigenvalue weighted by Gasteiger charge is 2.30. The molecule has 6 nitrogen and oxygen atoms in total. The predicted octanol–water partition coefficient (Wildman–Crippen LogP) is -0.301. The van der Waals surface area contributed by atoms with E-state index < -0.39 is 10.0 Å². The highest BCUT2D eigenvalue weighted by Crippen LogP contribution is 2.22. The molecule has 3 N–H and O–H groups in total. The van der Waals surface area contributed by atoms with Crippen molar-refractivity contribution in [1.29, 1.82) is 0 Å². The van der Waals surface area contributed by atoms with Crippen LogP contribution in [0.25, 0.3) is 0 Å². The number of methoxy groups -OCH3 is 1. The fraction of sp³-hybridized carbons (Fsp3) is 0.364. The molecule has 1 aromatic rings. The van der Waals surface area contributed by atoms with Gasteiger partial charge in [-0.05, 0) is 12.1 Å². The van der Waals surface area contributed by atoms with Gasteiger partial charge in [0.1, 0.15) is 5.84 Å². The molecule has 1 unspecified atom stereocenters. The summed E-state index contributed by atoms with van der Waals surface area (Å²) < 4.78 is 31.1. The zero-order chi connectivity index (χ0) is 13.2. The molecule has 98 valence electrons. The first kappa shape index (κ1) is 13.0. The first-order valence-electron chi connectivity index (χ1n) is 5.47. The number of hydrogen-bond donors (Lipinski definition) is 2. The van der Waals surface area contributed by atoms with E-state index in [1.807, 2.05) is 0 Å². The Morgan fingerprint density at radius 2 is 2.17 bits per heavy atom. The Hall–Kier alpha value is -1.44. The van der Waals surface area contributed by atoms with Crippen molar-refractivity contribution in [2.45, 2.75) is 10.9 Å². The van der Waals surface area contributed by atoms with E-state index in [1.54, 1.807) is 31.4 Å². The molecule has 0 saturated carbocycles. The van der Waals surface area contributed by atoms with Gasteiger partial charge in [0.2, 0.25) is 0 Å². The molecule has 0 radical (unpaired) electrons. The van der Waals surface area contributed by atoms with Crippen molar-refractivity contribution in [3.63, 3.8) is 0 Å². The van der Waals surface area contributed by atoms with Gasteiger partial charge in [-0.15, -0.1) is 0 Å². The van der Waals surface area contributed by atoms with Crippen molar-refractivity contribution in [3.05, 3.63) is 29.8 Å². The van der Waals surface area contributed by atoms with E-state index >= 15 is 0 Å². The second-order valence-electron chi connectivity index (χ2n) is 3.92. The van der Waals surface area contributed by atoms with Crippen LogP contribution in [0.15, 0.2) is 34.2 Å². The molecule has 1 atom stereocenters. The number of fused-ring (bicyclic) bond motifs is 1. The Morgan fingerprint density at radius 3 is 2.83 bits per heavy atom. The number of hydrogen-bond acceptors (Lipinski definition) is 5. The van der Waals surface area contributed by atoms with Crippen molar-refractivity contribution in [2.24, 2.45) is 10.7 Å². The van der Waals surface area contributed by atoms with Gasteiger partial charge in [0.15, 0.2) is 0 Å². The number of nitrogens with one attached hydrogen (secondary N) is 1. The molecule has 0 aromatic heterocycles. The quantitative estimate of drug-likeness (QED) is 0.784. The lowest BCUT2D eigenvalue weighted by atomic mass is 10.2. The lowest BCUT2D eigenvalue weighted by Crippen LogP contribution is -2.29. The Labute approximate surface area is 106 Å². The molecule has 0 bridgehead atoms. The molecule has 18 heavy (non-hydrogen) atoms. The smallest absolute Gasteiger partial charge is 0.263 e. The molecular formula is C11H15N3O3S. The summed E-state index contributed by atoms with van der Waals surface area (Å²) in [7, 11) is -1.93. The largest absolute Gasteiger partial charge is 0.382 e. The van der Waals surface area contributed by atoms with E-state index in [1.165, 1.54) is 0 Å². The van der Waals surface area contributed by atoms with Gasteiger partial charge in [0, 0.05) is 19.2 Å². The van der Waals surface area contributed by atoms with Gasteiger partial charge in [-0.2, -0.15) is 0 Å². The fourth-order valence-electron chi connectivity index (χ4n) is 1.76. The summed E-state index contributed by atoms with van der Waals surface area (Å²) in [6, 6.07) is 6.44. The molecule has 0 fully saturated rings. The average molecular weight is 269 g/mol. The molecule has 2 rings (SSSR count). The highest BCUT2D eigenvalue weighted by atomic mass is 32.2. The summed E-state index contributed by atoms with van der Waals surface area (Å²) >= 11 is 0. The predicted molar refractivity (Wildman–Crippen MR) is 68.0 cm³/mol. The third-order valence-electron chi connectivity index (χ3n) is 2.61. The Kier molecular flexibility index (Phi) is 3.65. The number of rotatable bonds is 4. The van der Waals surface area contributed by atoms with Crippen LogP contribution >= 0.6 is 0 Å². The summed E-state index contributed by atoms with van der Waals surface area (Å²) in [4.78, 5) is 4.54. The minimum atomic E-state index is -3.49. The second kappa shape index (κ2) is 5.05. The number of amidine groups is 1. The lowest BCUT2D eigenvalue weighted by Gasteiger charge is -2.09. The number of benzene rings is 1. The van der Waals surface area contributed by atoms with Crippen LogP contribution in [0.2, 0.25) is 0 Å². The average Bonchev–Trinajstić information content (AvgIpc) is 2.61. The van der Waals surface area contributed by atoms with E-state index in [0.717, 1.165) is 0 Å². The third-order valence-corrected chi connectivity index (χ3v) is 4.00. The van der Waals surface area contributed by atoms with Crippen LogP contribution in [0.5, 0.6) is 0 Å². The van der Waals surface area contributed by atoms with E-state index in [0.29, 0.717) is 24.6 Å². The number of nitrogens with zero attached hydrogens (tertiary/aromatic N) is 1. The minimum Gasteiger partial charge on any atom is -0.382 e. The zero-order valence-electron chi connectivity index (χ0n) is 9.96. The Balaban J connectivity index is 2.41. The normalized spacial score (nSPS) is 20.4. The fourth-order valence-corrected chi connectivity index (χ4v) is 3.00. The molecule has 1 aromatic carbocycles. The van der Waals surface area contributed by atoms with Gasteiger partial charge in [-0.1, -0.05) is 12.1 Å². The van der Waals surface area contributed by atoms with Gasteiger partial charge in [0.25, 0.3) is 10.0 Å². The molecular weight excluding hydrogens is 254 g/mol. The minimum absolute atomic E-state index is 0.247. The van der Waals surface area contributed by atoms with Crippen LogP contribution in [0.4, 0.5) is 0 Å². The maximum atomic E-state index is 11.8. The van der Waals surface area contributed by atoms with Crippen LogP contribution in [0.3, 0.4) is 0 Å². The summed E-state index contributed by atoms with van der Waals surface area (Å²) in [6.07, 6.45) is 0. The van der Waals surface area contributed by atoms with Crippen molar-refractivity contribution in [3.8, 4) is 0 Å². The van der Waals surface area contributed by atoms with Crippen LogP contribution in [-0.4, -0.2) is 40.6 Å². The lowest BCUT2D eigenvalue weighted by molar-refractivity contribution is 0.183. The number of aliphatic imine (C=N–C) groups is 1. The second-order valence-corrected chi connectivity index (χ2v) is 5.58. The van der Waals surface area contributed by atoms with Gasteiger partial charge in [0.05, 0.1) is 17.5 Å². The van der Waals surface area contributed by atoms with Crippen LogP contribution < -0.4 is 10.5 Å². The van der Waals surface area contributed by atoms with E-state index in [-0.39, 0.29) is 10.9 Å². The molecule has 1 heterocycles. The van der Waals surface area contributed by atoms with Crippen molar-refractivity contribution < 1.29 is 13.2 Å². The molecule has 0 spiro atoms. The number of ether oxygens (including phenoxy) is 1. The summed E-state index contributed by atoms with van der Waals surface area (Å²) in [6.45, 7) is 0.644. The summed E-state index contributed by atoms with van der Waals surface area (Å²) in [5, 5.41) is 0. The number of nitrogens with two attached hydrogens (primary N) is 1. The van der Waals surface area contributed by atoms with Gasteiger partial charge in [-0.3, -0.25) is 9.71 Å². The summed E-state index contributed by atoms with van der Waals surface area (Å²) in [5.41, 5.74) is 6.14. The topological polar surface area (TPSA) is 93.8 Å².